The van der Waals surface area contributed by atoms with Crippen LogP contribution >= 0.6 is 0 Å². The van der Waals surface area contributed by atoms with Gasteiger partial charge in [0, 0.05) is 111 Å². The topological polar surface area (TPSA) is 296 Å². The predicted molar refractivity (Wildman–Crippen MR) is 241 cm³/mol. The third kappa shape index (κ3) is 11.3. The van der Waals surface area contributed by atoms with Gasteiger partial charge >= 0.3 is 5.97 Å². The molecule has 0 saturated heterocycles. The van der Waals surface area contributed by atoms with Crippen LogP contribution in [0.5, 0.6) is 0 Å². The monoisotopic (exact) mass is 905 g/mol. The number of nitrogens with one attached hydrogen (secondary N) is 7. The molecule has 6 aromatic rings. The summed E-state index contributed by atoms with van der Waals surface area (Å²) in [6.45, 7) is 1.47. The fourth-order valence-electron chi connectivity index (χ4n) is 6.71. The number of carbonyl (C=O) groups is 8. The second-order valence-electron chi connectivity index (χ2n) is 15.1. The van der Waals surface area contributed by atoms with Crippen molar-refractivity contribution in [3.63, 3.8) is 0 Å². The number of nitrogens with zero attached hydrogens (tertiary/aromatic N) is 8. The van der Waals surface area contributed by atoms with Crippen LogP contribution in [-0.4, -0.2) is 96.3 Å². The lowest BCUT2D eigenvalue weighted by Crippen LogP contribution is -2.27. The maximum Gasteiger partial charge on any atom is 0.328 e. The quantitative estimate of drug-likeness (QED) is 0.0486. The van der Waals surface area contributed by atoms with Gasteiger partial charge in [-0.15, -0.1) is 0 Å². The van der Waals surface area contributed by atoms with Gasteiger partial charge in [-0.1, -0.05) is 0 Å². The number of rotatable bonds is 17. The molecule has 7 amide bonds. The van der Waals surface area contributed by atoms with Crippen LogP contribution in [0, 0.1) is 0 Å². The first-order valence-electron chi connectivity index (χ1n) is 20.0. The van der Waals surface area contributed by atoms with Crippen molar-refractivity contribution in [1.82, 2.24) is 42.7 Å². The van der Waals surface area contributed by atoms with Crippen molar-refractivity contribution < 1.29 is 43.5 Å². The highest BCUT2D eigenvalue weighted by Crippen LogP contribution is 2.21. The lowest BCUT2D eigenvalue weighted by atomic mass is 10.3. The number of imidazole rings is 2. The van der Waals surface area contributed by atoms with Crippen LogP contribution in [0.1, 0.15) is 78.2 Å². The van der Waals surface area contributed by atoms with Crippen LogP contribution < -0.4 is 37.2 Å². The van der Waals surface area contributed by atoms with E-state index in [1.54, 1.807) is 77.7 Å². The van der Waals surface area contributed by atoms with Crippen molar-refractivity contribution in [2.75, 3.05) is 38.4 Å². The van der Waals surface area contributed by atoms with Crippen LogP contribution in [0.2, 0.25) is 0 Å². The smallest absolute Gasteiger partial charge is 0.328 e. The molecule has 24 nitrogen and oxygen atoms in total. The summed E-state index contributed by atoms with van der Waals surface area (Å²) in [7, 11) is 9.78. The number of carbonyl (C=O) groups excluding carboxylic acids is 7. The highest BCUT2D eigenvalue weighted by atomic mass is 16.4. The van der Waals surface area contributed by atoms with Gasteiger partial charge < -0.3 is 69.7 Å². The lowest BCUT2D eigenvalue weighted by molar-refractivity contribution is -0.131. The van der Waals surface area contributed by atoms with Gasteiger partial charge in [-0.3, -0.25) is 33.6 Å². The molecule has 0 saturated carbocycles. The zero-order chi connectivity index (χ0) is 48.0. The summed E-state index contributed by atoms with van der Waals surface area (Å²) in [6.07, 6.45) is 11.9. The van der Waals surface area contributed by atoms with E-state index in [4.69, 9.17) is 5.11 Å². The lowest BCUT2D eigenvalue weighted by Gasteiger charge is -2.06. The second kappa shape index (κ2) is 19.6. The summed E-state index contributed by atoms with van der Waals surface area (Å²) in [4.78, 5) is 109. The molecule has 0 aromatic carbocycles. The highest BCUT2D eigenvalue weighted by molar-refractivity contribution is 6.08. The molecule has 66 heavy (non-hydrogen) atoms. The fraction of sp³-hybridized carbons (Fsp3) is 0.238. The molecular formula is C42H47N15O9. The van der Waals surface area contributed by atoms with E-state index in [9.17, 15) is 38.4 Å². The van der Waals surface area contributed by atoms with Crippen LogP contribution in [0.4, 0.5) is 34.4 Å². The van der Waals surface area contributed by atoms with E-state index in [0.717, 1.165) is 6.08 Å². The molecule has 8 N–H and O–H groups in total. The molecule has 0 atom stereocenters. The molecule has 0 aliphatic heterocycles. The Bertz CT molecular complexity index is 2940. The maximum atomic E-state index is 13.2. The normalized spacial score (nSPS) is 11.0. The van der Waals surface area contributed by atoms with Crippen molar-refractivity contribution in [2.45, 2.75) is 19.8 Å². The van der Waals surface area contributed by atoms with E-state index < -0.39 is 41.4 Å². The Balaban J connectivity index is 0.943. The number of hydrogen-bond donors (Lipinski definition) is 8. The summed E-state index contributed by atoms with van der Waals surface area (Å²) in [6, 6.07) is 6.06. The molecule has 0 bridgehead atoms. The molecule has 0 aliphatic carbocycles. The Morgan fingerprint density at radius 2 is 0.955 bits per heavy atom. The predicted octanol–water partition coefficient (Wildman–Crippen LogP) is 2.72. The standard InChI is InChI=1S/C42H47N15O9/c1-23(58)44-32-21-56(6)36(50-32)41(65)47-27-16-31(55(5)20-27)40(64)46-25-14-29(53(3)18-25)38(62)43-12-8-9-34(59)49-33-22-57(7)37(51-33)42(66)48-26-15-30(54(4)19-26)39(63)45-24-13-28(52(2)17-24)10-11-35(60)61/h10-11,13-22H,8-9,12H2,1-7H3,(H,43,62)(H,44,58)(H,45,63)(H,46,64)(H,47,65)(H,48,66)(H,49,59)(H,60,61)/b11-10+. The molecule has 0 unspecified atom stereocenters. The van der Waals surface area contributed by atoms with Gasteiger partial charge in [0.1, 0.15) is 17.1 Å². The highest BCUT2D eigenvalue weighted by Gasteiger charge is 2.21. The number of carboxylic acids is 1. The van der Waals surface area contributed by atoms with E-state index in [-0.39, 0.29) is 65.7 Å². The van der Waals surface area contributed by atoms with Gasteiger partial charge in [0.15, 0.2) is 11.6 Å². The largest absolute Gasteiger partial charge is 0.478 e. The summed E-state index contributed by atoms with van der Waals surface area (Å²) < 4.78 is 9.11. The Morgan fingerprint density at radius 1 is 0.530 bits per heavy atom. The Labute approximate surface area is 375 Å². The van der Waals surface area contributed by atoms with Crippen LogP contribution in [0.3, 0.4) is 0 Å². The third-order valence-corrected chi connectivity index (χ3v) is 9.78. The molecule has 0 spiro atoms. The number of aryl methyl sites for hydroxylation is 6. The zero-order valence-corrected chi connectivity index (χ0v) is 36.8. The van der Waals surface area contributed by atoms with Crippen molar-refractivity contribution in [3.05, 3.63) is 102 Å². The van der Waals surface area contributed by atoms with Crippen molar-refractivity contribution in [2.24, 2.45) is 42.3 Å². The van der Waals surface area contributed by atoms with Crippen LogP contribution in [0.25, 0.3) is 6.08 Å². The number of aliphatic carboxylic acids is 1. The van der Waals surface area contributed by atoms with Crippen LogP contribution in [-0.2, 0) is 56.7 Å². The van der Waals surface area contributed by atoms with Gasteiger partial charge in [0.05, 0.1) is 22.7 Å². The summed E-state index contributed by atoms with van der Waals surface area (Å²) in [5.74, 6) is -4.05. The average Bonchev–Trinajstić information content (AvgIpc) is 4.09. The van der Waals surface area contributed by atoms with E-state index >= 15 is 0 Å². The Hall–Kier alpha value is -8.96. The number of aromatic nitrogens is 8. The first-order chi connectivity index (χ1) is 31.2. The molecule has 0 fully saturated rings. The van der Waals surface area contributed by atoms with E-state index in [2.05, 4.69) is 47.2 Å². The number of anilines is 6. The zero-order valence-electron chi connectivity index (χ0n) is 36.8. The van der Waals surface area contributed by atoms with Crippen molar-refractivity contribution in [1.29, 1.82) is 0 Å². The van der Waals surface area contributed by atoms with Crippen molar-refractivity contribution >= 4 is 87.8 Å². The van der Waals surface area contributed by atoms with Gasteiger partial charge in [0.2, 0.25) is 23.5 Å². The van der Waals surface area contributed by atoms with E-state index in [1.807, 2.05) is 0 Å². The molecule has 6 heterocycles. The van der Waals surface area contributed by atoms with Gasteiger partial charge in [-0.05, 0) is 36.8 Å². The van der Waals surface area contributed by atoms with Gasteiger partial charge in [0.25, 0.3) is 29.5 Å². The molecule has 344 valence electrons. The number of hydrogen-bond acceptors (Lipinski definition) is 10. The number of carboxylic acid groups (broad SMARTS) is 1. The Morgan fingerprint density at radius 3 is 1.42 bits per heavy atom. The van der Waals surface area contributed by atoms with E-state index in [1.165, 1.54) is 66.4 Å². The molecule has 6 aromatic heterocycles. The van der Waals surface area contributed by atoms with Gasteiger partial charge in [-0.25, -0.2) is 14.8 Å². The minimum absolute atomic E-state index is 0.0178. The first-order valence-corrected chi connectivity index (χ1v) is 20.0. The molecule has 24 heteroatoms. The molecule has 6 rings (SSSR count). The minimum Gasteiger partial charge on any atom is -0.478 e. The summed E-state index contributed by atoms with van der Waals surface area (Å²) >= 11 is 0. The number of amides is 7. The Kier molecular flexibility index (Phi) is 13.8. The fourth-order valence-corrected chi connectivity index (χ4v) is 6.71. The summed E-state index contributed by atoms with van der Waals surface area (Å²) in [5.41, 5.74) is 2.66. The maximum absolute atomic E-state index is 13.2. The SMILES string of the molecule is CC(=O)Nc1cn(C)c(C(=O)Nc2cc(C(=O)Nc3cc(C(=O)NCCCC(=O)Nc4cn(C)c(C(=O)Nc5cc(C(=O)Nc6cc(/C=C/C(=O)O)n(C)c6)n(C)c5)n4)n(C)c3)n(C)c2)n1. The van der Waals surface area contributed by atoms with Gasteiger partial charge in [-0.2, -0.15) is 0 Å². The van der Waals surface area contributed by atoms with E-state index in [0.29, 0.717) is 28.4 Å². The molecule has 0 radical (unpaired) electrons. The molecule has 0 aliphatic rings. The second-order valence-corrected chi connectivity index (χ2v) is 15.1. The van der Waals surface area contributed by atoms with Crippen molar-refractivity contribution in [3.8, 4) is 0 Å². The molecular weight excluding hydrogens is 859 g/mol. The third-order valence-electron chi connectivity index (χ3n) is 9.78. The minimum atomic E-state index is -1.10. The van der Waals surface area contributed by atoms with Crippen LogP contribution in [0.15, 0.2) is 67.5 Å². The average molecular weight is 906 g/mol. The summed E-state index contributed by atoms with van der Waals surface area (Å²) in [5, 5.41) is 27.7. The first kappa shape index (κ1) is 46.5.